The molecule has 1 aromatic rings. The topological polar surface area (TPSA) is 49.3 Å². The van der Waals surface area contributed by atoms with Crippen LogP contribution in [0.25, 0.3) is 0 Å². The highest BCUT2D eigenvalue weighted by Gasteiger charge is 2.33. The molecule has 1 fully saturated rings. The van der Waals surface area contributed by atoms with E-state index >= 15 is 0 Å². The quantitative estimate of drug-likeness (QED) is 0.878. The molecule has 19 heavy (non-hydrogen) atoms. The van der Waals surface area contributed by atoms with E-state index in [1.807, 2.05) is 0 Å². The minimum absolute atomic E-state index is 0.126. The van der Waals surface area contributed by atoms with Crippen LogP contribution in [0.1, 0.15) is 36.0 Å². The van der Waals surface area contributed by atoms with Gasteiger partial charge in [0.1, 0.15) is 0 Å². The molecule has 104 valence electrons. The van der Waals surface area contributed by atoms with Crippen molar-refractivity contribution in [2.75, 3.05) is 13.2 Å². The summed E-state index contributed by atoms with van der Waals surface area (Å²) in [5, 5.41) is 12.8. The smallest absolute Gasteiger partial charge is 0.252 e. The number of halogens is 2. The Morgan fingerprint density at radius 2 is 2.11 bits per heavy atom. The van der Waals surface area contributed by atoms with Crippen LogP contribution in [0.2, 0.25) is 5.02 Å². The van der Waals surface area contributed by atoms with Crippen molar-refractivity contribution in [1.82, 2.24) is 5.32 Å². The second kappa shape index (κ2) is 6.25. The van der Waals surface area contributed by atoms with Crippen LogP contribution in [-0.2, 0) is 0 Å². The molecule has 1 aliphatic carbocycles. The molecule has 1 saturated carbocycles. The van der Waals surface area contributed by atoms with Crippen LogP contribution in [0.3, 0.4) is 0 Å². The number of amides is 1. The summed E-state index contributed by atoms with van der Waals surface area (Å²) in [7, 11) is 0. The van der Waals surface area contributed by atoms with Crippen molar-refractivity contribution in [2.45, 2.75) is 25.7 Å². The Hall–Kier alpha value is -0.580. The minimum atomic E-state index is -0.183. The fourth-order valence-electron chi connectivity index (χ4n) is 2.55. The van der Waals surface area contributed by atoms with Gasteiger partial charge in [0.05, 0.1) is 17.2 Å². The zero-order valence-electron chi connectivity index (χ0n) is 10.6. The summed E-state index contributed by atoms with van der Waals surface area (Å²) in [6, 6.07) is 5.19. The number of nitrogens with one attached hydrogen (secondary N) is 1. The molecule has 0 saturated heterocycles. The van der Waals surface area contributed by atoms with Crippen LogP contribution in [0.15, 0.2) is 22.7 Å². The fraction of sp³-hybridized carbons (Fsp3) is 0.500. The van der Waals surface area contributed by atoms with Crippen molar-refractivity contribution in [3.05, 3.63) is 33.3 Å². The second-order valence-corrected chi connectivity index (χ2v) is 6.49. The molecule has 0 bridgehead atoms. The van der Waals surface area contributed by atoms with Gasteiger partial charge in [-0.1, -0.05) is 40.4 Å². The molecule has 5 heteroatoms. The largest absolute Gasteiger partial charge is 0.396 e. The number of aliphatic hydroxyl groups is 1. The summed E-state index contributed by atoms with van der Waals surface area (Å²) in [5.74, 6) is -0.183. The third-order valence-corrected chi connectivity index (χ3v) is 4.61. The molecule has 1 amide bonds. The lowest BCUT2D eigenvalue weighted by Gasteiger charge is -2.26. The lowest BCUT2D eigenvalue weighted by molar-refractivity contribution is 0.0881. The highest BCUT2D eigenvalue weighted by molar-refractivity contribution is 9.10. The van der Waals surface area contributed by atoms with Gasteiger partial charge in [-0.2, -0.15) is 0 Å². The van der Waals surface area contributed by atoms with E-state index in [0.29, 0.717) is 17.1 Å². The average Bonchev–Trinajstić information content (AvgIpc) is 2.85. The van der Waals surface area contributed by atoms with Gasteiger partial charge in [0.15, 0.2) is 0 Å². The Morgan fingerprint density at radius 3 is 2.68 bits per heavy atom. The van der Waals surface area contributed by atoms with Gasteiger partial charge in [-0.15, -0.1) is 0 Å². The monoisotopic (exact) mass is 345 g/mol. The van der Waals surface area contributed by atoms with E-state index < -0.39 is 0 Å². The van der Waals surface area contributed by atoms with Crippen LogP contribution in [0, 0.1) is 5.41 Å². The lowest BCUT2D eigenvalue weighted by atomic mass is 9.87. The summed E-state index contributed by atoms with van der Waals surface area (Å²) in [4.78, 5) is 12.1. The highest BCUT2D eigenvalue weighted by Crippen LogP contribution is 2.37. The second-order valence-electron chi connectivity index (χ2n) is 5.17. The molecule has 2 N–H and O–H groups in total. The molecule has 0 aliphatic heterocycles. The summed E-state index contributed by atoms with van der Waals surface area (Å²) in [6.45, 7) is 0.635. The first-order valence-corrected chi connectivity index (χ1v) is 7.58. The molecule has 0 heterocycles. The van der Waals surface area contributed by atoms with E-state index in [1.54, 1.807) is 18.2 Å². The molecule has 0 atom stereocenters. The summed E-state index contributed by atoms with van der Waals surface area (Å²) in [5.41, 5.74) is 0.327. The summed E-state index contributed by atoms with van der Waals surface area (Å²) in [6.07, 6.45) is 4.18. The van der Waals surface area contributed by atoms with E-state index in [4.69, 9.17) is 11.6 Å². The van der Waals surface area contributed by atoms with Gasteiger partial charge in [-0.3, -0.25) is 4.79 Å². The molecule has 0 unspecified atom stereocenters. The highest BCUT2D eigenvalue weighted by atomic mass is 79.9. The van der Waals surface area contributed by atoms with Crippen LogP contribution in [0.4, 0.5) is 0 Å². The summed E-state index contributed by atoms with van der Waals surface area (Å²) >= 11 is 9.36. The lowest BCUT2D eigenvalue weighted by Crippen LogP contribution is -2.38. The Balaban J connectivity index is 2.01. The van der Waals surface area contributed by atoms with Crippen LogP contribution < -0.4 is 5.32 Å². The molecule has 0 spiro atoms. The SMILES string of the molecule is O=C(NCC1(CO)CCCC1)c1ccc(Br)cc1Cl. The first kappa shape index (κ1) is 14.8. The Morgan fingerprint density at radius 1 is 1.42 bits per heavy atom. The Kier molecular flexibility index (Phi) is 4.87. The van der Waals surface area contributed by atoms with Gasteiger partial charge in [0, 0.05) is 16.4 Å². The van der Waals surface area contributed by atoms with Gasteiger partial charge in [-0.05, 0) is 31.0 Å². The van der Waals surface area contributed by atoms with Gasteiger partial charge >= 0.3 is 0 Å². The zero-order valence-corrected chi connectivity index (χ0v) is 12.9. The molecule has 1 aromatic carbocycles. The first-order valence-electron chi connectivity index (χ1n) is 6.40. The minimum Gasteiger partial charge on any atom is -0.396 e. The molecule has 3 nitrogen and oxygen atoms in total. The van der Waals surface area contributed by atoms with Crippen molar-refractivity contribution >= 4 is 33.4 Å². The molecule has 0 aromatic heterocycles. The van der Waals surface area contributed by atoms with Crippen LogP contribution in [0.5, 0.6) is 0 Å². The Labute approximate surface area is 126 Å². The fourth-order valence-corrected chi connectivity index (χ4v) is 3.31. The van der Waals surface area contributed by atoms with E-state index in [0.717, 1.165) is 30.2 Å². The normalized spacial score (nSPS) is 17.4. The molecule has 2 rings (SSSR count). The van der Waals surface area contributed by atoms with Crippen LogP contribution >= 0.6 is 27.5 Å². The number of carbonyl (C=O) groups is 1. The summed E-state index contributed by atoms with van der Waals surface area (Å²) < 4.78 is 0.844. The van der Waals surface area contributed by atoms with E-state index in [9.17, 15) is 9.90 Å². The van der Waals surface area contributed by atoms with E-state index in [1.165, 1.54) is 0 Å². The van der Waals surface area contributed by atoms with E-state index in [2.05, 4.69) is 21.2 Å². The maximum Gasteiger partial charge on any atom is 0.252 e. The molecular weight excluding hydrogens is 330 g/mol. The molecule has 1 aliphatic rings. The number of rotatable bonds is 4. The number of hydrogen-bond donors (Lipinski definition) is 2. The van der Waals surface area contributed by atoms with Crippen molar-refractivity contribution in [1.29, 1.82) is 0 Å². The predicted octanol–water partition coefficient (Wildman–Crippen LogP) is 3.39. The third kappa shape index (κ3) is 3.50. The Bertz CT molecular complexity index is 473. The number of hydrogen-bond acceptors (Lipinski definition) is 2. The van der Waals surface area contributed by atoms with Crippen LogP contribution in [-0.4, -0.2) is 24.2 Å². The number of aliphatic hydroxyl groups excluding tert-OH is 1. The molecular formula is C14H17BrClNO2. The average molecular weight is 347 g/mol. The van der Waals surface area contributed by atoms with Crippen molar-refractivity contribution < 1.29 is 9.90 Å². The predicted molar refractivity (Wildman–Crippen MR) is 79.5 cm³/mol. The van der Waals surface area contributed by atoms with Gasteiger partial charge in [-0.25, -0.2) is 0 Å². The van der Waals surface area contributed by atoms with Crippen molar-refractivity contribution in [3.63, 3.8) is 0 Å². The first-order chi connectivity index (χ1) is 9.06. The van der Waals surface area contributed by atoms with Gasteiger partial charge in [0.25, 0.3) is 5.91 Å². The maximum absolute atomic E-state index is 12.1. The number of benzene rings is 1. The van der Waals surface area contributed by atoms with Crippen molar-refractivity contribution in [3.8, 4) is 0 Å². The van der Waals surface area contributed by atoms with E-state index in [-0.39, 0.29) is 17.9 Å². The number of carbonyl (C=O) groups excluding carboxylic acids is 1. The standard InChI is InChI=1S/C14H17BrClNO2/c15-10-3-4-11(12(16)7-10)13(19)17-8-14(9-18)5-1-2-6-14/h3-4,7,18H,1-2,5-6,8-9H2,(H,17,19). The van der Waals surface area contributed by atoms with Gasteiger partial charge < -0.3 is 10.4 Å². The van der Waals surface area contributed by atoms with Gasteiger partial charge in [0.2, 0.25) is 0 Å². The zero-order chi connectivity index (χ0) is 13.9. The molecule has 0 radical (unpaired) electrons. The third-order valence-electron chi connectivity index (χ3n) is 3.80. The van der Waals surface area contributed by atoms with Crippen molar-refractivity contribution in [2.24, 2.45) is 5.41 Å². The maximum atomic E-state index is 12.1.